The van der Waals surface area contributed by atoms with Crippen LogP contribution in [0.4, 0.5) is 0 Å². The van der Waals surface area contributed by atoms with Crippen LogP contribution >= 0.6 is 0 Å². The van der Waals surface area contributed by atoms with Crippen molar-refractivity contribution in [3.63, 3.8) is 0 Å². The molecule has 8 heteroatoms. The van der Waals surface area contributed by atoms with Crippen LogP contribution in [0.1, 0.15) is 31.4 Å². The van der Waals surface area contributed by atoms with Crippen LogP contribution in [0.25, 0.3) is 0 Å². The van der Waals surface area contributed by atoms with Gasteiger partial charge >= 0.3 is 0 Å². The Morgan fingerprint density at radius 3 is 2.27 bits per heavy atom. The van der Waals surface area contributed by atoms with Crippen LogP contribution in [0, 0.1) is 12.8 Å². The van der Waals surface area contributed by atoms with Crippen LogP contribution in [0.5, 0.6) is 11.5 Å². The third-order valence-electron chi connectivity index (χ3n) is 4.59. The number of carbonyl (C=O) groups excluding carboxylic acids is 1. The van der Waals surface area contributed by atoms with Crippen LogP contribution in [0.3, 0.4) is 0 Å². The molecule has 2 rings (SSSR count). The molecule has 1 unspecified atom stereocenters. The molecule has 0 heterocycles. The topological polar surface area (TPSA) is 93.7 Å². The number of hydrogen-bond acceptors (Lipinski definition) is 5. The fourth-order valence-electron chi connectivity index (χ4n) is 3.05. The lowest BCUT2D eigenvalue weighted by atomic mass is 10.0. The van der Waals surface area contributed by atoms with Gasteiger partial charge in [-0.2, -0.15) is 4.72 Å². The zero-order valence-corrected chi connectivity index (χ0v) is 18.9. The molecule has 0 aliphatic heterocycles. The van der Waals surface area contributed by atoms with Gasteiger partial charge in [-0.1, -0.05) is 43.7 Å². The lowest BCUT2D eigenvalue weighted by Gasteiger charge is -2.21. The minimum absolute atomic E-state index is 0.118. The van der Waals surface area contributed by atoms with E-state index in [1.807, 2.05) is 26.8 Å². The maximum Gasteiger partial charge on any atom is 0.241 e. The van der Waals surface area contributed by atoms with E-state index in [1.54, 1.807) is 31.4 Å². The number of sulfonamides is 1. The minimum atomic E-state index is -3.83. The number of hydrogen-bond donors (Lipinski definition) is 2. The van der Waals surface area contributed by atoms with Gasteiger partial charge < -0.3 is 14.8 Å². The van der Waals surface area contributed by atoms with Crippen LogP contribution in [-0.4, -0.2) is 34.6 Å². The van der Waals surface area contributed by atoms with Gasteiger partial charge in [-0.15, -0.1) is 0 Å². The Morgan fingerprint density at radius 2 is 1.70 bits per heavy atom. The van der Waals surface area contributed by atoms with E-state index in [4.69, 9.17) is 9.47 Å². The van der Waals surface area contributed by atoms with Crippen molar-refractivity contribution < 1.29 is 22.7 Å². The maximum atomic E-state index is 12.9. The average Bonchev–Trinajstić information content (AvgIpc) is 2.70. The van der Waals surface area contributed by atoms with E-state index in [0.717, 1.165) is 11.1 Å². The predicted octanol–water partition coefficient (Wildman–Crippen LogP) is 3.02. The molecule has 0 fully saturated rings. The van der Waals surface area contributed by atoms with E-state index in [2.05, 4.69) is 10.0 Å². The summed E-state index contributed by atoms with van der Waals surface area (Å²) in [5, 5.41) is 2.81. The molecule has 2 aromatic carbocycles. The molecule has 0 aliphatic rings. The number of nitrogens with one attached hydrogen (secondary N) is 2. The second-order valence-corrected chi connectivity index (χ2v) is 9.20. The summed E-state index contributed by atoms with van der Waals surface area (Å²) in [6, 6.07) is 11.0. The van der Waals surface area contributed by atoms with Gasteiger partial charge in [-0.25, -0.2) is 8.42 Å². The highest BCUT2D eigenvalue weighted by Crippen LogP contribution is 2.30. The quantitative estimate of drug-likeness (QED) is 0.600. The van der Waals surface area contributed by atoms with Gasteiger partial charge in [0.25, 0.3) is 0 Å². The van der Waals surface area contributed by atoms with Crippen molar-refractivity contribution in [2.75, 3.05) is 14.2 Å². The largest absolute Gasteiger partial charge is 0.493 e. The SMILES string of the molecule is COc1cccc(CNC(=O)C(CC(C)C)NS(=O)(=O)c2ccc(C)cc2)c1OC. The second-order valence-electron chi connectivity index (χ2n) is 7.49. The molecule has 2 N–H and O–H groups in total. The molecule has 164 valence electrons. The normalized spacial score (nSPS) is 12.5. The predicted molar refractivity (Wildman–Crippen MR) is 116 cm³/mol. The molecular weight excluding hydrogens is 404 g/mol. The van der Waals surface area contributed by atoms with Gasteiger partial charge in [-0.3, -0.25) is 4.79 Å². The van der Waals surface area contributed by atoms with Crippen molar-refractivity contribution in [1.82, 2.24) is 10.0 Å². The molecule has 0 aromatic heterocycles. The van der Waals surface area contributed by atoms with Gasteiger partial charge in [0, 0.05) is 12.1 Å². The molecule has 0 saturated carbocycles. The molecule has 0 bridgehead atoms. The fourth-order valence-corrected chi connectivity index (χ4v) is 4.26. The van der Waals surface area contributed by atoms with Crippen LogP contribution in [-0.2, 0) is 21.4 Å². The Bertz CT molecular complexity index is 956. The summed E-state index contributed by atoms with van der Waals surface area (Å²) in [5.74, 6) is 0.807. The number of rotatable bonds is 10. The number of amides is 1. The maximum absolute atomic E-state index is 12.9. The van der Waals surface area contributed by atoms with Crippen molar-refractivity contribution in [2.24, 2.45) is 5.92 Å². The van der Waals surface area contributed by atoms with E-state index >= 15 is 0 Å². The summed E-state index contributed by atoms with van der Waals surface area (Å²) in [6.07, 6.45) is 0.367. The molecule has 2 aromatic rings. The van der Waals surface area contributed by atoms with E-state index < -0.39 is 22.0 Å². The van der Waals surface area contributed by atoms with E-state index in [9.17, 15) is 13.2 Å². The molecule has 7 nitrogen and oxygen atoms in total. The Hall–Kier alpha value is -2.58. The summed E-state index contributed by atoms with van der Waals surface area (Å²) >= 11 is 0. The number of ether oxygens (including phenoxy) is 2. The average molecular weight is 435 g/mol. The Balaban J connectivity index is 2.17. The van der Waals surface area contributed by atoms with Gasteiger partial charge in [0.15, 0.2) is 11.5 Å². The van der Waals surface area contributed by atoms with Gasteiger partial charge in [0.05, 0.1) is 19.1 Å². The smallest absolute Gasteiger partial charge is 0.241 e. The highest BCUT2D eigenvalue weighted by atomic mass is 32.2. The van der Waals surface area contributed by atoms with E-state index in [-0.39, 0.29) is 17.4 Å². The van der Waals surface area contributed by atoms with Crippen LogP contribution < -0.4 is 19.5 Å². The third kappa shape index (κ3) is 6.21. The standard InChI is InChI=1S/C22H30N2O5S/c1-15(2)13-19(24-30(26,27)18-11-9-16(3)10-12-18)22(25)23-14-17-7-6-8-20(28-4)21(17)29-5/h6-12,15,19,24H,13-14H2,1-5H3,(H,23,25). The van der Waals surface area contributed by atoms with Crippen LogP contribution in [0.2, 0.25) is 0 Å². The molecule has 0 spiro atoms. The summed E-state index contributed by atoms with van der Waals surface area (Å²) in [4.78, 5) is 13.0. The zero-order chi connectivity index (χ0) is 22.3. The molecule has 30 heavy (non-hydrogen) atoms. The molecule has 0 radical (unpaired) electrons. The van der Waals surface area contributed by atoms with E-state index in [0.29, 0.717) is 17.9 Å². The second kappa shape index (κ2) is 10.4. The number of methoxy groups -OCH3 is 2. The van der Waals surface area contributed by atoms with Crippen LogP contribution in [0.15, 0.2) is 47.4 Å². The molecule has 0 aliphatic carbocycles. The van der Waals surface area contributed by atoms with Gasteiger partial charge in [0.1, 0.15) is 6.04 Å². The summed E-state index contributed by atoms with van der Waals surface area (Å²) in [7, 11) is -0.760. The highest BCUT2D eigenvalue weighted by Gasteiger charge is 2.26. The molecule has 1 amide bonds. The number of benzene rings is 2. The third-order valence-corrected chi connectivity index (χ3v) is 6.08. The van der Waals surface area contributed by atoms with Gasteiger partial charge in [-0.05, 0) is 37.5 Å². The Morgan fingerprint density at radius 1 is 1.03 bits per heavy atom. The van der Waals surface area contributed by atoms with E-state index in [1.165, 1.54) is 19.2 Å². The number of carbonyl (C=O) groups is 1. The van der Waals surface area contributed by atoms with Crippen molar-refractivity contribution in [3.8, 4) is 11.5 Å². The number of para-hydroxylation sites is 1. The monoisotopic (exact) mass is 434 g/mol. The summed E-state index contributed by atoms with van der Waals surface area (Å²) in [5.41, 5.74) is 1.69. The summed E-state index contributed by atoms with van der Waals surface area (Å²) < 4.78 is 38.8. The van der Waals surface area contributed by atoms with Gasteiger partial charge in [0.2, 0.25) is 15.9 Å². The van der Waals surface area contributed by atoms with Crippen molar-refractivity contribution in [2.45, 2.75) is 44.7 Å². The number of aryl methyl sites for hydroxylation is 1. The fraction of sp³-hybridized carbons (Fsp3) is 0.409. The lowest BCUT2D eigenvalue weighted by molar-refractivity contribution is -0.123. The first-order chi connectivity index (χ1) is 14.2. The first-order valence-corrected chi connectivity index (χ1v) is 11.2. The van der Waals surface area contributed by atoms with Crippen molar-refractivity contribution in [1.29, 1.82) is 0 Å². The summed E-state index contributed by atoms with van der Waals surface area (Å²) in [6.45, 7) is 5.93. The highest BCUT2D eigenvalue weighted by molar-refractivity contribution is 7.89. The molecule has 1 atom stereocenters. The minimum Gasteiger partial charge on any atom is -0.493 e. The first-order valence-electron chi connectivity index (χ1n) is 9.74. The van der Waals surface area contributed by atoms with Crippen molar-refractivity contribution in [3.05, 3.63) is 53.6 Å². The van der Waals surface area contributed by atoms with Crippen molar-refractivity contribution >= 4 is 15.9 Å². The Labute approximate surface area is 178 Å². The molecular formula is C22H30N2O5S. The zero-order valence-electron chi connectivity index (χ0n) is 18.1. The molecule has 0 saturated heterocycles. The lowest BCUT2D eigenvalue weighted by Crippen LogP contribution is -2.47. The first kappa shape index (κ1) is 23.7. The Kier molecular flexibility index (Phi) is 8.25.